The van der Waals surface area contributed by atoms with Crippen molar-refractivity contribution in [3.05, 3.63) is 97.2 Å². The van der Waals surface area contributed by atoms with Gasteiger partial charge in [-0.3, -0.25) is 33.2 Å². The first-order chi connectivity index (χ1) is 16.6. The van der Waals surface area contributed by atoms with Crippen molar-refractivity contribution >= 4 is 46.5 Å². The van der Waals surface area contributed by atoms with Crippen LogP contribution in [-0.2, 0) is 34.0 Å². The lowest BCUT2D eigenvalue weighted by Crippen LogP contribution is -2.53. The number of carbonyl (C=O) groups excluding carboxylic acids is 3. The van der Waals surface area contributed by atoms with Crippen molar-refractivity contribution in [3.8, 4) is 0 Å². The number of hydrogen-bond acceptors (Lipinski definition) is 6. The molecule has 1 atom stereocenters. The number of ketones is 1. The summed E-state index contributed by atoms with van der Waals surface area (Å²) in [7, 11) is 2.55. The molecule has 11 heteroatoms. The molecule has 176 valence electrons. The lowest BCUT2D eigenvalue weighted by molar-refractivity contribution is -0.132. The first kappa shape index (κ1) is 22.4. The molecule has 1 saturated heterocycles. The summed E-state index contributed by atoms with van der Waals surface area (Å²) < 4.78 is 1.80. The van der Waals surface area contributed by atoms with Crippen molar-refractivity contribution < 1.29 is 19.5 Å². The highest BCUT2D eigenvalue weighted by Crippen LogP contribution is 2.51. The van der Waals surface area contributed by atoms with E-state index in [1.807, 2.05) is 0 Å². The smallest absolute Gasteiger partial charge is 0.332 e. The van der Waals surface area contributed by atoms with Crippen LogP contribution >= 0.6 is 11.6 Å². The Hall–Kier alpha value is -4.44. The molecule has 5 rings (SSSR count). The summed E-state index contributed by atoms with van der Waals surface area (Å²) in [4.78, 5) is 67.6. The van der Waals surface area contributed by atoms with E-state index in [9.17, 15) is 29.1 Å². The Morgan fingerprint density at radius 2 is 1.54 bits per heavy atom. The number of amides is 2. The first-order valence-electron chi connectivity index (χ1n) is 10.4. The van der Waals surface area contributed by atoms with E-state index in [0.29, 0.717) is 5.02 Å². The number of benzene rings is 2. The average molecular weight is 493 g/mol. The third-order valence-electron chi connectivity index (χ3n) is 6.28. The zero-order chi connectivity index (χ0) is 25.2. The number of anilines is 2. The van der Waals surface area contributed by atoms with E-state index < -0.39 is 45.7 Å². The third kappa shape index (κ3) is 2.80. The van der Waals surface area contributed by atoms with E-state index in [1.165, 1.54) is 50.5 Å². The van der Waals surface area contributed by atoms with Gasteiger partial charge in [0.2, 0.25) is 0 Å². The Morgan fingerprint density at radius 3 is 2.17 bits per heavy atom. The molecule has 35 heavy (non-hydrogen) atoms. The minimum atomic E-state index is -2.38. The summed E-state index contributed by atoms with van der Waals surface area (Å²) in [5, 5.41) is 14.1. The number of fused-ring (bicyclic) bond motifs is 2. The van der Waals surface area contributed by atoms with Crippen LogP contribution < -0.4 is 21.5 Å². The van der Waals surface area contributed by atoms with E-state index in [4.69, 9.17) is 11.6 Å². The van der Waals surface area contributed by atoms with Crippen molar-refractivity contribution in [2.75, 3.05) is 10.2 Å². The van der Waals surface area contributed by atoms with E-state index >= 15 is 0 Å². The van der Waals surface area contributed by atoms with Gasteiger partial charge < -0.3 is 10.4 Å². The summed E-state index contributed by atoms with van der Waals surface area (Å²) in [5.74, 6) is -4.07. The topological polar surface area (TPSA) is 131 Å². The Labute approximate surface area is 202 Å². The maximum Gasteiger partial charge on any atom is 0.332 e. The fraction of sp³-hybridized carbons (Fsp3) is 0.125. The van der Waals surface area contributed by atoms with Crippen LogP contribution in [0.3, 0.4) is 0 Å². The average Bonchev–Trinajstić information content (AvgIpc) is 3.28. The summed E-state index contributed by atoms with van der Waals surface area (Å²) in [5.41, 5.74) is -4.68. The molecule has 1 aromatic heterocycles. The molecule has 1 spiro atoms. The molecule has 2 aliphatic heterocycles. The van der Waals surface area contributed by atoms with E-state index in [2.05, 4.69) is 5.32 Å². The summed E-state index contributed by atoms with van der Waals surface area (Å²) in [6, 6.07) is 13.6. The second kappa shape index (κ2) is 7.54. The van der Waals surface area contributed by atoms with Crippen molar-refractivity contribution in [1.82, 2.24) is 9.13 Å². The largest absolute Gasteiger partial charge is 0.507 e. The number of Topliss-reactive ketones (excluding diaryl/α,β-unsaturated/α-hetero) is 1. The zero-order valence-electron chi connectivity index (χ0n) is 18.4. The van der Waals surface area contributed by atoms with Crippen LogP contribution in [0, 0.1) is 0 Å². The van der Waals surface area contributed by atoms with Gasteiger partial charge in [-0.15, -0.1) is 0 Å². The van der Waals surface area contributed by atoms with Crippen LogP contribution in [0.1, 0.15) is 11.1 Å². The van der Waals surface area contributed by atoms with Crippen LogP contribution in [0.15, 0.2) is 69.8 Å². The molecule has 3 heterocycles. The van der Waals surface area contributed by atoms with Crippen molar-refractivity contribution in [1.29, 1.82) is 0 Å². The van der Waals surface area contributed by atoms with Crippen LogP contribution in [0.5, 0.6) is 0 Å². The Balaban J connectivity index is 1.99. The number of carbonyl (C=O) groups is 3. The van der Waals surface area contributed by atoms with Gasteiger partial charge in [-0.1, -0.05) is 41.9 Å². The fourth-order valence-corrected chi connectivity index (χ4v) is 4.76. The van der Waals surface area contributed by atoms with Crippen LogP contribution in [0.4, 0.5) is 11.5 Å². The van der Waals surface area contributed by atoms with Crippen LogP contribution in [-0.4, -0.2) is 31.8 Å². The molecule has 1 unspecified atom stereocenters. The maximum absolute atomic E-state index is 13.8. The zero-order valence-corrected chi connectivity index (χ0v) is 19.2. The normalized spacial score (nSPS) is 20.4. The van der Waals surface area contributed by atoms with Crippen molar-refractivity contribution in [2.24, 2.45) is 14.1 Å². The molecule has 0 aliphatic carbocycles. The van der Waals surface area contributed by atoms with Gasteiger partial charge >= 0.3 is 11.6 Å². The lowest BCUT2D eigenvalue weighted by atomic mass is 9.82. The second-order valence-corrected chi connectivity index (χ2v) is 8.57. The molecule has 2 aliphatic rings. The Morgan fingerprint density at radius 1 is 0.914 bits per heavy atom. The van der Waals surface area contributed by atoms with E-state index in [1.54, 1.807) is 18.2 Å². The van der Waals surface area contributed by atoms with Gasteiger partial charge in [0.05, 0.1) is 11.1 Å². The summed E-state index contributed by atoms with van der Waals surface area (Å²) in [6.45, 7) is 0. The predicted molar refractivity (Wildman–Crippen MR) is 127 cm³/mol. The monoisotopic (exact) mass is 492 g/mol. The highest BCUT2D eigenvalue weighted by Gasteiger charge is 2.68. The highest BCUT2D eigenvalue weighted by atomic mass is 35.5. The lowest BCUT2D eigenvalue weighted by Gasteiger charge is -2.33. The quantitative estimate of drug-likeness (QED) is 0.316. The molecular weight excluding hydrogens is 476 g/mol. The van der Waals surface area contributed by atoms with Gasteiger partial charge in [0.1, 0.15) is 11.6 Å². The predicted octanol–water partition coefficient (Wildman–Crippen LogP) is 1.47. The molecule has 1 fully saturated rings. The van der Waals surface area contributed by atoms with Gasteiger partial charge in [-0.2, -0.15) is 0 Å². The molecule has 0 bridgehead atoms. The minimum Gasteiger partial charge on any atom is -0.507 e. The Kier molecular flexibility index (Phi) is 4.81. The number of aromatic nitrogens is 2. The second-order valence-electron chi connectivity index (χ2n) is 8.13. The summed E-state index contributed by atoms with van der Waals surface area (Å²) in [6.07, 6.45) is 0. The van der Waals surface area contributed by atoms with Gasteiger partial charge in [-0.25, -0.2) is 4.79 Å². The molecular formula is C24H17ClN4O6. The molecule has 2 aromatic carbocycles. The maximum atomic E-state index is 13.8. The van der Waals surface area contributed by atoms with Crippen molar-refractivity contribution in [2.45, 2.75) is 5.54 Å². The van der Waals surface area contributed by atoms with Crippen molar-refractivity contribution in [3.63, 3.8) is 0 Å². The fourth-order valence-electron chi connectivity index (χ4n) is 4.64. The molecule has 0 radical (unpaired) electrons. The van der Waals surface area contributed by atoms with E-state index in [0.717, 1.165) is 14.0 Å². The van der Waals surface area contributed by atoms with Gasteiger partial charge in [-0.05, 0) is 24.3 Å². The van der Waals surface area contributed by atoms with Gasteiger partial charge in [0, 0.05) is 30.4 Å². The molecule has 10 nitrogen and oxygen atoms in total. The highest BCUT2D eigenvalue weighted by molar-refractivity contribution is 6.55. The summed E-state index contributed by atoms with van der Waals surface area (Å²) >= 11 is 6.00. The number of nitrogens with one attached hydrogen (secondary N) is 1. The third-order valence-corrected chi connectivity index (χ3v) is 6.53. The van der Waals surface area contributed by atoms with Gasteiger partial charge in [0.15, 0.2) is 5.54 Å². The molecule has 2 amide bonds. The standard InChI is InChI=1S/C24H17ClN4O6/c1-27-19-16(20(32)28(2)23(27)35)24(22(34)26-19)15(17(30)12-6-4-3-5-7-12)18(31)21(33)29(24)14-10-8-13(25)9-11-14/h3-11,30H,1-2H3,(H,26,34)/b17-15-. The number of rotatable bonds is 2. The molecule has 0 saturated carbocycles. The van der Waals surface area contributed by atoms with Crippen LogP contribution in [0.2, 0.25) is 5.02 Å². The number of halogens is 1. The first-order valence-corrected chi connectivity index (χ1v) is 10.8. The van der Waals surface area contributed by atoms with Crippen LogP contribution in [0.25, 0.3) is 5.76 Å². The molecule has 2 N–H and O–H groups in total. The number of nitrogens with zero attached hydrogens (tertiary/aromatic N) is 3. The Bertz CT molecular complexity index is 1600. The number of hydrogen-bond donors (Lipinski definition) is 2. The number of aliphatic hydroxyl groups excluding tert-OH is 1. The minimum absolute atomic E-state index is 0.0857. The number of aliphatic hydroxyl groups is 1. The van der Waals surface area contributed by atoms with E-state index in [-0.39, 0.29) is 22.6 Å². The van der Waals surface area contributed by atoms with Gasteiger partial charge in [0.25, 0.3) is 17.2 Å². The molecule has 3 aromatic rings. The SMILES string of the molecule is Cn1c2c(c(=O)n(C)c1=O)C1(C(=O)N2)/C(=C(\O)c2ccccc2)C(=O)C(=O)N1c1ccc(Cl)cc1.